The van der Waals surface area contributed by atoms with Gasteiger partial charge in [0.05, 0.1) is 16.1 Å². The van der Waals surface area contributed by atoms with Gasteiger partial charge in [-0.05, 0) is 62.4 Å². The van der Waals surface area contributed by atoms with Gasteiger partial charge in [-0.3, -0.25) is 10.1 Å². The molecule has 1 saturated heterocycles. The van der Waals surface area contributed by atoms with Crippen LogP contribution in [0.25, 0.3) is 0 Å². The fraction of sp³-hybridized carbons (Fsp3) is 0.481. The van der Waals surface area contributed by atoms with Gasteiger partial charge in [-0.15, -0.1) is 0 Å². The number of rotatable bonds is 4. The SMILES string of the molecule is CC(C)(C)C[C@@H]1N[C@@H](C(=O)OC(C)(C)C)[C@H](c2cccc(Cl)c2Cl)[C@@]1(C#N)c1cc(Cl)ccc1F. The Morgan fingerprint density at radius 3 is 2.37 bits per heavy atom. The lowest BCUT2D eigenvalue weighted by atomic mass is 9.63. The molecule has 35 heavy (non-hydrogen) atoms. The summed E-state index contributed by atoms with van der Waals surface area (Å²) in [6.45, 7) is 11.4. The summed E-state index contributed by atoms with van der Waals surface area (Å²) in [5.41, 5.74) is -2.03. The number of carbonyl (C=O) groups is 1. The second kappa shape index (κ2) is 9.90. The molecule has 0 unspecified atom stereocenters. The molecule has 0 aliphatic carbocycles. The number of nitriles is 1. The van der Waals surface area contributed by atoms with Gasteiger partial charge in [-0.1, -0.05) is 67.7 Å². The van der Waals surface area contributed by atoms with Crippen LogP contribution in [0.15, 0.2) is 36.4 Å². The Morgan fingerprint density at radius 1 is 1.14 bits per heavy atom. The van der Waals surface area contributed by atoms with Crippen LogP contribution in [0.1, 0.15) is 65.0 Å². The maximum atomic E-state index is 15.5. The summed E-state index contributed by atoms with van der Waals surface area (Å²) in [5, 5.41) is 14.9. The van der Waals surface area contributed by atoms with E-state index >= 15 is 4.39 Å². The van der Waals surface area contributed by atoms with Crippen molar-refractivity contribution in [2.75, 3.05) is 0 Å². The maximum absolute atomic E-state index is 15.5. The van der Waals surface area contributed by atoms with Gasteiger partial charge in [0.15, 0.2) is 0 Å². The van der Waals surface area contributed by atoms with Gasteiger partial charge in [0.1, 0.15) is 22.9 Å². The van der Waals surface area contributed by atoms with Crippen LogP contribution in [0.2, 0.25) is 15.1 Å². The van der Waals surface area contributed by atoms with Crippen molar-refractivity contribution >= 4 is 40.8 Å². The Morgan fingerprint density at radius 2 is 1.80 bits per heavy atom. The van der Waals surface area contributed by atoms with Crippen LogP contribution in [0, 0.1) is 22.6 Å². The molecule has 2 aromatic rings. The Hall–Kier alpha value is -1.84. The topological polar surface area (TPSA) is 62.1 Å². The molecular weight excluding hydrogens is 510 g/mol. The third-order valence-electron chi connectivity index (χ3n) is 6.11. The minimum Gasteiger partial charge on any atom is -0.459 e. The summed E-state index contributed by atoms with van der Waals surface area (Å²) in [5.74, 6) is -2.06. The molecule has 0 saturated carbocycles. The van der Waals surface area contributed by atoms with Crippen LogP contribution in [-0.4, -0.2) is 23.7 Å². The smallest absolute Gasteiger partial charge is 0.324 e. The van der Waals surface area contributed by atoms with Crippen LogP contribution < -0.4 is 5.32 Å². The summed E-state index contributed by atoms with van der Waals surface area (Å²) in [7, 11) is 0. The van der Waals surface area contributed by atoms with E-state index in [4.69, 9.17) is 39.5 Å². The van der Waals surface area contributed by atoms with Crippen molar-refractivity contribution in [3.05, 3.63) is 68.4 Å². The van der Waals surface area contributed by atoms with Crippen LogP contribution in [0.3, 0.4) is 0 Å². The quantitative estimate of drug-likeness (QED) is 0.410. The summed E-state index contributed by atoms with van der Waals surface area (Å²) in [6.07, 6.45) is 0.459. The van der Waals surface area contributed by atoms with Crippen LogP contribution in [0.5, 0.6) is 0 Å². The first-order valence-electron chi connectivity index (χ1n) is 11.4. The van der Waals surface area contributed by atoms with Crippen molar-refractivity contribution in [3.8, 4) is 6.07 Å². The lowest BCUT2D eigenvalue weighted by Crippen LogP contribution is -2.45. The highest BCUT2D eigenvalue weighted by molar-refractivity contribution is 6.42. The monoisotopic (exact) mass is 538 g/mol. The molecule has 1 aliphatic heterocycles. The minimum atomic E-state index is -1.54. The molecule has 1 N–H and O–H groups in total. The third-order valence-corrected chi connectivity index (χ3v) is 7.18. The van der Waals surface area contributed by atoms with Gasteiger partial charge < -0.3 is 4.74 Å². The van der Waals surface area contributed by atoms with Gasteiger partial charge >= 0.3 is 5.97 Å². The van der Waals surface area contributed by atoms with Crippen molar-refractivity contribution in [3.63, 3.8) is 0 Å². The molecule has 4 atom stereocenters. The number of hydrogen-bond donors (Lipinski definition) is 1. The summed E-state index contributed by atoms with van der Waals surface area (Å²) >= 11 is 19.3. The summed E-state index contributed by atoms with van der Waals surface area (Å²) in [4.78, 5) is 13.5. The zero-order chi connectivity index (χ0) is 26.3. The van der Waals surface area contributed by atoms with Crippen molar-refractivity contribution in [1.29, 1.82) is 5.26 Å². The van der Waals surface area contributed by atoms with Crippen molar-refractivity contribution in [1.82, 2.24) is 5.32 Å². The highest BCUT2D eigenvalue weighted by Crippen LogP contribution is 2.54. The number of nitrogens with one attached hydrogen (secondary N) is 1. The molecular formula is C27H30Cl3FN2O2. The first-order chi connectivity index (χ1) is 16.1. The highest BCUT2D eigenvalue weighted by atomic mass is 35.5. The zero-order valence-corrected chi connectivity index (χ0v) is 22.9. The second-order valence-electron chi connectivity index (χ2n) is 11.2. The molecule has 1 aliphatic rings. The Labute approximate surface area is 221 Å². The largest absolute Gasteiger partial charge is 0.459 e. The second-order valence-corrected chi connectivity index (χ2v) is 12.4. The van der Waals surface area contributed by atoms with Crippen LogP contribution in [-0.2, 0) is 14.9 Å². The molecule has 4 nitrogen and oxygen atoms in total. The number of halogens is 4. The van der Waals surface area contributed by atoms with E-state index < -0.39 is 40.8 Å². The fourth-order valence-corrected chi connectivity index (χ4v) is 5.49. The predicted octanol–water partition coefficient (Wildman–Crippen LogP) is 7.45. The molecule has 0 aromatic heterocycles. The normalized spacial score (nSPS) is 24.8. The highest BCUT2D eigenvalue weighted by Gasteiger charge is 2.61. The van der Waals surface area contributed by atoms with E-state index in [0.29, 0.717) is 12.0 Å². The van der Waals surface area contributed by atoms with E-state index in [1.165, 1.54) is 18.2 Å². The first kappa shape index (κ1) is 27.7. The van der Waals surface area contributed by atoms with E-state index in [-0.39, 0.29) is 26.0 Å². The average molecular weight is 540 g/mol. The standard InChI is InChI=1S/C27H30Cl3FN2O2/c1-25(2,3)13-20-27(14-32,17-12-15(28)10-11-19(17)31)21(16-8-7-9-18(29)22(16)30)23(33-20)24(34)35-26(4,5)6/h7-12,20-21,23,33H,13H2,1-6H3/t20-,21-,23+,27-/m0/s1. The average Bonchev–Trinajstić information content (AvgIpc) is 3.03. The lowest BCUT2D eigenvalue weighted by molar-refractivity contribution is -0.157. The molecule has 0 radical (unpaired) electrons. The maximum Gasteiger partial charge on any atom is 0.324 e. The van der Waals surface area contributed by atoms with Gasteiger partial charge in [0.2, 0.25) is 0 Å². The molecule has 0 amide bonds. The van der Waals surface area contributed by atoms with Crippen molar-refractivity contribution in [2.45, 2.75) is 77.0 Å². The van der Waals surface area contributed by atoms with Gasteiger partial charge in [0.25, 0.3) is 0 Å². The van der Waals surface area contributed by atoms with E-state index in [9.17, 15) is 10.1 Å². The summed E-state index contributed by atoms with van der Waals surface area (Å²) < 4.78 is 21.3. The first-order valence-corrected chi connectivity index (χ1v) is 12.5. The number of esters is 1. The Kier molecular flexibility index (Phi) is 7.85. The Balaban J connectivity index is 2.38. The van der Waals surface area contributed by atoms with E-state index in [1.54, 1.807) is 39.0 Å². The van der Waals surface area contributed by atoms with Crippen molar-refractivity contribution in [2.24, 2.45) is 5.41 Å². The van der Waals surface area contributed by atoms with E-state index in [2.05, 4.69) is 11.4 Å². The van der Waals surface area contributed by atoms with Crippen LogP contribution >= 0.6 is 34.8 Å². The fourth-order valence-electron chi connectivity index (χ4n) is 4.89. The zero-order valence-electron chi connectivity index (χ0n) is 20.7. The number of hydrogen-bond acceptors (Lipinski definition) is 4. The molecule has 188 valence electrons. The lowest BCUT2D eigenvalue weighted by Gasteiger charge is -2.37. The van der Waals surface area contributed by atoms with Gasteiger partial charge in [0, 0.05) is 22.5 Å². The van der Waals surface area contributed by atoms with Crippen LogP contribution in [0.4, 0.5) is 4.39 Å². The predicted molar refractivity (Wildman–Crippen MR) is 139 cm³/mol. The van der Waals surface area contributed by atoms with Gasteiger partial charge in [-0.25, -0.2) is 4.39 Å². The number of carbonyl (C=O) groups excluding carboxylic acids is 1. The molecule has 0 bridgehead atoms. The molecule has 2 aromatic carbocycles. The molecule has 8 heteroatoms. The molecule has 1 fully saturated rings. The Bertz CT molecular complexity index is 1170. The third kappa shape index (κ3) is 5.62. The van der Waals surface area contributed by atoms with E-state index in [1.807, 2.05) is 20.8 Å². The van der Waals surface area contributed by atoms with Crippen molar-refractivity contribution < 1.29 is 13.9 Å². The number of nitrogens with zero attached hydrogens (tertiary/aromatic N) is 1. The molecule has 1 heterocycles. The molecule has 0 spiro atoms. The van der Waals surface area contributed by atoms with E-state index in [0.717, 1.165) is 0 Å². The summed E-state index contributed by atoms with van der Waals surface area (Å²) in [6, 6.07) is 9.95. The number of ether oxygens (including phenoxy) is 1. The molecule has 3 rings (SSSR count). The van der Waals surface area contributed by atoms with Gasteiger partial charge in [-0.2, -0.15) is 5.26 Å². The minimum absolute atomic E-state index is 0.0985. The number of benzene rings is 2.